The summed E-state index contributed by atoms with van der Waals surface area (Å²) in [5.41, 5.74) is 1.75. The van der Waals surface area contributed by atoms with Gasteiger partial charge in [-0.25, -0.2) is 18.7 Å². The molecule has 1 saturated heterocycles. The highest BCUT2D eigenvalue weighted by molar-refractivity contribution is 5.31. The number of rotatable bonds is 10. The van der Waals surface area contributed by atoms with Crippen molar-refractivity contribution in [1.29, 1.82) is 0 Å². The Hall–Kier alpha value is -2.84. The molecule has 0 spiro atoms. The van der Waals surface area contributed by atoms with Gasteiger partial charge in [0.15, 0.2) is 0 Å². The minimum Gasteiger partial charge on any atom is -0.372 e. The average molecular weight is 485 g/mol. The highest BCUT2D eigenvalue weighted by Crippen LogP contribution is 2.40. The van der Waals surface area contributed by atoms with Gasteiger partial charge in [0.1, 0.15) is 19.7 Å². The summed E-state index contributed by atoms with van der Waals surface area (Å²) in [7, 11) is 0. The Bertz CT molecular complexity index is 1130. The summed E-state index contributed by atoms with van der Waals surface area (Å²) >= 11 is 0. The van der Waals surface area contributed by atoms with Crippen molar-refractivity contribution in [3.8, 4) is 0 Å². The Morgan fingerprint density at radius 3 is 2.37 bits per heavy atom. The van der Waals surface area contributed by atoms with Gasteiger partial charge in [0.05, 0.1) is 23.8 Å². The Balaban J connectivity index is 1.59. The SMILES string of the molecule is CCC[C@]1(n2cn[nH]c2=O)CC[C@@](CO[C@H](C)c2cc(CF)cc(CF)c2)(c2ccccc2)NC1. The summed E-state index contributed by atoms with van der Waals surface area (Å²) in [6, 6.07) is 15.2. The van der Waals surface area contributed by atoms with E-state index in [2.05, 4.69) is 34.6 Å². The summed E-state index contributed by atoms with van der Waals surface area (Å²) in [5, 5.41) is 10.2. The molecule has 6 nitrogen and oxygen atoms in total. The first-order valence-electron chi connectivity index (χ1n) is 12.2. The standard InChI is InChI=1S/C27H34F2N4O2/c1-3-9-26(33-19-31-32-25(33)34)10-11-27(30-17-26,24-7-5-4-6-8-24)18-35-20(2)23-13-21(15-28)12-22(14-23)16-29/h4-8,12-14,19-20,30H,3,9-11,15-18H2,1-2H3,(H,32,34)/t20-,26+,27-/m1/s1. The third-order valence-corrected chi connectivity index (χ3v) is 7.31. The van der Waals surface area contributed by atoms with Crippen LogP contribution in [-0.4, -0.2) is 27.9 Å². The zero-order valence-electron chi connectivity index (χ0n) is 20.4. The molecule has 0 saturated carbocycles. The van der Waals surface area contributed by atoms with Crippen LogP contribution < -0.4 is 11.0 Å². The van der Waals surface area contributed by atoms with E-state index in [1.165, 1.54) is 0 Å². The van der Waals surface area contributed by atoms with Crippen molar-refractivity contribution >= 4 is 0 Å². The van der Waals surface area contributed by atoms with Crippen LogP contribution >= 0.6 is 0 Å². The van der Waals surface area contributed by atoms with Gasteiger partial charge in [-0.2, -0.15) is 5.10 Å². The van der Waals surface area contributed by atoms with E-state index >= 15 is 0 Å². The molecule has 0 amide bonds. The lowest BCUT2D eigenvalue weighted by molar-refractivity contribution is -0.0116. The molecule has 1 aliphatic heterocycles. The monoisotopic (exact) mass is 484 g/mol. The summed E-state index contributed by atoms with van der Waals surface area (Å²) in [6.45, 7) is 3.72. The van der Waals surface area contributed by atoms with Crippen LogP contribution in [0.1, 0.15) is 67.9 Å². The normalized spacial score (nSPS) is 23.3. The number of alkyl halides is 2. The zero-order chi connectivity index (χ0) is 24.9. The van der Waals surface area contributed by atoms with Crippen LogP contribution in [0.15, 0.2) is 59.7 Å². The van der Waals surface area contributed by atoms with Gasteiger partial charge in [-0.05, 0) is 48.4 Å². The molecule has 2 N–H and O–H groups in total. The Morgan fingerprint density at radius 2 is 1.83 bits per heavy atom. The average Bonchev–Trinajstić information content (AvgIpc) is 3.35. The molecule has 0 aliphatic carbocycles. The van der Waals surface area contributed by atoms with Gasteiger partial charge >= 0.3 is 5.69 Å². The number of ether oxygens (including phenoxy) is 1. The topological polar surface area (TPSA) is 71.9 Å². The first kappa shape index (κ1) is 25.3. The number of halogens is 2. The number of benzene rings is 2. The first-order chi connectivity index (χ1) is 16.9. The van der Waals surface area contributed by atoms with Crippen molar-refractivity contribution in [2.24, 2.45) is 0 Å². The molecular weight excluding hydrogens is 450 g/mol. The Kier molecular flexibility index (Phi) is 7.82. The maximum Gasteiger partial charge on any atom is 0.343 e. The second-order valence-corrected chi connectivity index (χ2v) is 9.61. The van der Waals surface area contributed by atoms with E-state index in [4.69, 9.17) is 4.74 Å². The fraction of sp³-hybridized carbons (Fsp3) is 0.481. The van der Waals surface area contributed by atoms with Crippen LogP contribution in [-0.2, 0) is 29.2 Å². The summed E-state index contributed by atoms with van der Waals surface area (Å²) in [4.78, 5) is 12.4. The zero-order valence-corrected chi connectivity index (χ0v) is 20.4. The molecular formula is C27H34F2N4O2. The van der Waals surface area contributed by atoms with Gasteiger partial charge in [0.2, 0.25) is 0 Å². The van der Waals surface area contributed by atoms with E-state index in [0.29, 0.717) is 24.3 Å². The van der Waals surface area contributed by atoms with Crippen molar-refractivity contribution in [3.05, 3.63) is 87.6 Å². The van der Waals surface area contributed by atoms with Crippen LogP contribution in [0.5, 0.6) is 0 Å². The third-order valence-electron chi connectivity index (χ3n) is 7.31. The molecule has 2 aromatic carbocycles. The molecule has 0 unspecified atom stereocenters. The van der Waals surface area contributed by atoms with Crippen molar-refractivity contribution in [3.63, 3.8) is 0 Å². The molecule has 35 heavy (non-hydrogen) atoms. The van der Waals surface area contributed by atoms with Crippen molar-refractivity contribution in [1.82, 2.24) is 20.1 Å². The van der Waals surface area contributed by atoms with E-state index < -0.39 is 18.9 Å². The molecule has 1 fully saturated rings. The Labute approximate surface area is 204 Å². The largest absolute Gasteiger partial charge is 0.372 e. The van der Waals surface area contributed by atoms with Gasteiger partial charge in [-0.15, -0.1) is 0 Å². The number of hydrogen-bond acceptors (Lipinski definition) is 4. The predicted molar refractivity (Wildman–Crippen MR) is 132 cm³/mol. The van der Waals surface area contributed by atoms with E-state index in [1.54, 1.807) is 29.1 Å². The van der Waals surface area contributed by atoms with Gasteiger partial charge < -0.3 is 10.1 Å². The van der Waals surface area contributed by atoms with Crippen LogP contribution in [0.25, 0.3) is 0 Å². The second-order valence-electron chi connectivity index (χ2n) is 9.61. The molecule has 1 aliphatic rings. The number of aromatic amines is 1. The fourth-order valence-corrected chi connectivity index (χ4v) is 5.30. The Morgan fingerprint density at radius 1 is 1.11 bits per heavy atom. The molecule has 188 valence electrons. The van der Waals surface area contributed by atoms with Crippen LogP contribution in [0, 0.1) is 0 Å². The minimum absolute atomic E-state index is 0.200. The van der Waals surface area contributed by atoms with Crippen molar-refractivity contribution < 1.29 is 13.5 Å². The van der Waals surface area contributed by atoms with Gasteiger partial charge in [-0.3, -0.25) is 4.57 Å². The van der Waals surface area contributed by atoms with Crippen LogP contribution in [0.4, 0.5) is 8.78 Å². The summed E-state index contributed by atoms with van der Waals surface area (Å²) < 4.78 is 34.7. The van der Waals surface area contributed by atoms with E-state index in [9.17, 15) is 13.6 Å². The lowest BCUT2D eigenvalue weighted by Gasteiger charge is -2.48. The van der Waals surface area contributed by atoms with E-state index in [1.807, 2.05) is 25.1 Å². The highest BCUT2D eigenvalue weighted by Gasteiger charge is 2.45. The second kappa shape index (κ2) is 10.8. The van der Waals surface area contributed by atoms with Gasteiger partial charge in [-0.1, -0.05) is 61.9 Å². The van der Waals surface area contributed by atoms with Gasteiger partial charge in [0.25, 0.3) is 0 Å². The molecule has 3 aromatic rings. The fourth-order valence-electron chi connectivity index (χ4n) is 5.30. The van der Waals surface area contributed by atoms with Crippen LogP contribution in [0.3, 0.4) is 0 Å². The van der Waals surface area contributed by atoms with Crippen molar-refractivity contribution in [2.45, 2.75) is 70.1 Å². The van der Waals surface area contributed by atoms with Crippen molar-refractivity contribution in [2.75, 3.05) is 13.2 Å². The maximum atomic E-state index is 13.3. The molecule has 4 rings (SSSR count). The predicted octanol–water partition coefficient (Wildman–Crippen LogP) is 5.06. The number of aromatic nitrogens is 3. The highest BCUT2D eigenvalue weighted by atomic mass is 19.1. The summed E-state index contributed by atoms with van der Waals surface area (Å²) in [5.74, 6) is 0. The third kappa shape index (κ3) is 5.23. The lowest BCUT2D eigenvalue weighted by atomic mass is 9.74. The maximum absolute atomic E-state index is 13.3. The first-order valence-corrected chi connectivity index (χ1v) is 12.2. The quantitative estimate of drug-likeness (QED) is 0.422. The molecule has 8 heteroatoms. The molecule has 1 aromatic heterocycles. The molecule has 0 radical (unpaired) electrons. The number of nitrogens with one attached hydrogen (secondary N) is 2. The number of piperidine rings is 1. The lowest BCUT2D eigenvalue weighted by Crippen LogP contribution is -2.60. The van der Waals surface area contributed by atoms with E-state index in [0.717, 1.165) is 36.8 Å². The molecule has 2 heterocycles. The number of hydrogen-bond donors (Lipinski definition) is 2. The van der Waals surface area contributed by atoms with Crippen LogP contribution in [0.2, 0.25) is 0 Å². The number of nitrogens with zero attached hydrogens (tertiary/aromatic N) is 2. The minimum atomic E-state index is -0.643. The van der Waals surface area contributed by atoms with Gasteiger partial charge in [0, 0.05) is 6.54 Å². The number of H-pyrrole nitrogens is 1. The summed E-state index contributed by atoms with van der Waals surface area (Å²) in [6.07, 6.45) is 4.57. The smallest absolute Gasteiger partial charge is 0.343 e. The van der Waals surface area contributed by atoms with E-state index in [-0.39, 0.29) is 17.3 Å². The molecule has 0 bridgehead atoms. The molecule has 3 atom stereocenters.